The van der Waals surface area contributed by atoms with E-state index in [4.69, 9.17) is 0 Å². The molecule has 1 atom stereocenters. The largest absolute Gasteiger partial charge is 0.316 e. The van der Waals surface area contributed by atoms with Gasteiger partial charge in [-0.05, 0) is 43.9 Å². The van der Waals surface area contributed by atoms with E-state index >= 15 is 0 Å². The van der Waals surface area contributed by atoms with Gasteiger partial charge in [0.15, 0.2) is 0 Å². The highest BCUT2D eigenvalue weighted by molar-refractivity contribution is 7.11. The van der Waals surface area contributed by atoms with Crippen molar-refractivity contribution in [1.82, 2.24) is 10.3 Å². The number of hydrogen-bond acceptors (Lipinski definition) is 3. The lowest BCUT2D eigenvalue weighted by Gasteiger charge is -2.20. The van der Waals surface area contributed by atoms with Gasteiger partial charge in [-0.3, -0.25) is 0 Å². The monoisotopic (exact) mass is 302 g/mol. The van der Waals surface area contributed by atoms with Crippen molar-refractivity contribution in [1.29, 1.82) is 0 Å². The van der Waals surface area contributed by atoms with Crippen LogP contribution in [0.3, 0.4) is 0 Å². The fraction of sp³-hybridized carbons (Fsp3) is 0.500. The van der Waals surface area contributed by atoms with Crippen molar-refractivity contribution in [3.8, 4) is 0 Å². The maximum Gasteiger partial charge on any atom is 0.0896 e. The van der Waals surface area contributed by atoms with Crippen LogP contribution in [-0.4, -0.2) is 18.1 Å². The number of nitrogens with zero attached hydrogens (tertiary/aromatic N) is 1. The number of thiazole rings is 1. The minimum atomic E-state index is 0.518. The third-order valence-electron chi connectivity index (χ3n) is 3.69. The van der Waals surface area contributed by atoms with E-state index in [9.17, 15) is 0 Å². The van der Waals surface area contributed by atoms with E-state index in [0.717, 1.165) is 24.5 Å². The van der Waals surface area contributed by atoms with Crippen LogP contribution in [0.15, 0.2) is 30.5 Å². The molecular formula is C18H26N2S. The summed E-state index contributed by atoms with van der Waals surface area (Å²) >= 11 is 1.82. The fourth-order valence-electron chi connectivity index (χ4n) is 2.63. The zero-order valence-electron chi connectivity index (χ0n) is 13.5. The maximum atomic E-state index is 4.39. The minimum Gasteiger partial charge on any atom is -0.316 e. The second-order valence-corrected chi connectivity index (χ2v) is 7.47. The molecule has 1 aromatic heterocycles. The third kappa shape index (κ3) is 4.94. The zero-order chi connectivity index (χ0) is 15.2. The van der Waals surface area contributed by atoms with E-state index in [1.165, 1.54) is 16.0 Å². The van der Waals surface area contributed by atoms with Crippen molar-refractivity contribution in [2.45, 2.75) is 40.0 Å². The molecule has 0 spiro atoms. The Hall–Kier alpha value is -1.19. The second-order valence-electron chi connectivity index (χ2n) is 6.16. The van der Waals surface area contributed by atoms with Crippen LogP contribution >= 0.6 is 11.3 Å². The molecule has 1 heterocycles. The minimum absolute atomic E-state index is 0.518. The molecular weight excluding hydrogens is 276 g/mol. The molecule has 2 nitrogen and oxygen atoms in total. The highest BCUT2D eigenvalue weighted by Gasteiger charge is 2.15. The van der Waals surface area contributed by atoms with Crippen molar-refractivity contribution < 1.29 is 0 Å². The first kappa shape index (κ1) is 16.2. The Balaban J connectivity index is 2.12. The highest BCUT2D eigenvalue weighted by Crippen LogP contribution is 2.26. The normalized spacial score (nSPS) is 12.8. The summed E-state index contributed by atoms with van der Waals surface area (Å²) in [6.45, 7) is 10.9. The average Bonchev–Trinajstić information content (AvgIpc) is 2.83. The van der Waals surface area contributed by atoms with Crippen LogP contribution in [-0.2, 0) is 6.42 Å². The molecule has 0 bridgehead atoms. The van der Waals surface area contributed by atoms with Crippen LogP contribution in [0.25, 0.3) is 0 Å². The molecule has 0 aliphatic rings. The van der Waals surface area contributed by atoms with Crippen LogP contribution in [0.2, 0.25) is 0 Å². The smallest absolute Gasteiger partial charge is 0.0896 e. The first-order chi connectivity index (χ1) is 10.1. The van der Waals surface area contributed by atoms with Gasteiger partial charge in [0.1, 0.15) is 0 Å². The maximum absolute atomic E-state index is 4.39. The molecule has 0 radical (unpaired) electrons. The Kier molecular flexibility index (Phi) is 5.95. The molecule has 0 saturated carbocycles. The summed E-state index contributed by atoms with van der Waals surface area (Å²) in [4.78, 5) is 5.77. The Bertz CT molecular complexity index is 560. The summed E-state index contributed by atoms with van der Waals surface area (Å²) in [5.74, 6) is 1.21. The quantitative estimate of drug-likeness (QED) is 0.823. The van der Waals surface area contributed by atoms with Gasteiger partial charge in [0, 0.05) is 23.5 Å². The van der Waals surface area contributed by atoms with Gasteiger partial charge >= 0.3 is 0 Å². The SMILES string of the molecule is Cc1ncc(CC(CNCC(C)C)c2ccccc2C)s1. The van der Waals surface area contributed by atoms with Gasteiger partial charge in [-0.15, -0.1) is 11.3 Å². The van der Waals surface area contributed by atoms with E-state index in [-0.39, 0.29) is 0 Å². The van der Waals surface area contributed by atoms with E-state index in [1.54, 1.807) is 0 Å². The number of hydrogen-bond donors (Lipinski definition) is 1. The topological polar surface area (TPSA) is 24.9 Å². The van der Waals surface area contributed by atoms with E-state index in [0.29, 0.717) is 11.8 Å². The summed E-state index contributed by atoms with van der Waals surface area (Å²) in [6.07, 6.45) is 3.11. The Morgan fingerprint density at radius 1 is 1.14 bits per heavy atom. The van der Waals surface area contributed by atoms with Gasteiger partial charge in [-0.2, -0.15) is 0 Å². The van der Waals surface area contributed by atoms with Crippen molar-refractivity contribution in [3.63, 3.8) is 0 Å². The molecule has 21 heavy (non-hydrogen) atoms. The van der Waals surface area contributed by atoms with Gasteiger partial charge < -0.3 is 5.32 Å². The van der Waals surface area contributed by atoms with Gasteiger partial charge in [-0.1, -0.05) is 38.1 Å². The van der Waals surface area contributed by atoms with Crippen LogP contribution in [0.1, 0.15) is 40.8 Å². The molecule has 1 unspecified atom stereocenters. The van der Waals surface area contributed by atoms with Crippen LogP contribution < -0.4 is 5.32 Å². The second kappa shape index (κ2) is 7.71. The van der Waals surface area contributed by atoms with E-state index in [1.807, 2.05) is 17.5 Å². The van der Waals surface area contributed by atoms with Crippen LogP contribution in [0.4, 0.5) is 0 Å². The fourth-order valence-corrected chi connectivity index (χ4v) is 3.50. The summed E-state index contributed by atoms with van der Waals surface area (Å²) in [5.41, 5.74) is 2.84. The van der Waals surface area contributed by atoms with Gasteiger partial charge in [0.25, 0.3) is 0 Å². The average molecular weight is 302 g/mol. The van der Waals surface area contributed by atoms with E-state index < -0.39 is 0 Å². The molecule has 0 aliphatic heterocycles. The van der Waals surface area contributed by atoms with Crippen molar-refractivity contribution in [3.05, 3.63) is 51.5 Å². The molecule has 0 amide bonds. The molecule has 114 valence electrons. The molecule has 3 heteroatoms. The standard InChI is InChI=1S/C18H26N2S/c1-13(2)10-19-11-16(9-17-12-20-15(4)21-17)18-8-6-5-7-14(18)3/h5-8,12-13,16,19H,9-11H2,1-4H3. The predicted molar refractivity (Wildman–Crippen MR) is 92.2 cm³/mol. The van der Waals surface area contributed by atoms with Crippen molar-refractivity contribution >= 4 is 11.3 Å². The molecule has 2 aromatic rings. The lowest BCUT2D eigenvalue weighted by atomic mass is 9.91. The first-order valence-electron chi connectivity index (χ1n) is 7.73. The molecule has 0 saturated heterocycles. The number of aromatic nitrogens is 1. The Morgan fingerprint density at radius 2 is 1.90 bits per heavy atom. The Morgan fingerprint density at radius 3 is 2.52 bits per heavy atom. The zero-order valence-corrected chi connectivity index (χ0v) is 14.3. The number of aryl methyl sites for hydroxylation is 2. The van der Waals surface area contributed by atoms with Crippen LogP contribution in [0.5, 0.6) is 0 Å². The lowest BCUT2D eigenvalue weighted by Crippen LogP contribution is -2.26. The molecule has 0 aliphatic carbocycles. The summed E-state index contributed by atoms with van der Waals surface area (Å²) < 4.78 is 0. The summed E-state index contributed by atoms with van der Waals surface area (Å²) in [6, 6.07) is 8.75. The van der Waals surface area contributed by atoms with E-state index in [2.05, 4.69) is 62.3 Å². The Labute approximate surface area is 132 Å². The number of rotatable bonds is 7. The van der Waals surface area contributed by atoms with Crippen molar-refractivity contribution in [2.24, 2.45) is 5.92 Å². The first-order valence-corrected chi connectivity index (χ1v) is 8.55. The molecule has 1 N–H and O–H groups in total. The molecule has 1 aromatic carbocycles. The third-order valence-corrected chi connectivity index (χ3v) is 4.62. The van der Waals surface area contributed by atoms with Crippen LogP contribution in [0, 0.1) is 19.8 Å². The predicted octanol–water partition coefficient (Wildman–Crippen LogP) is 4.33. The van der Waals surface area contributed by atoms with Gasteiger partial charge in [0.2, 0.25) is 0 Å². The highest BCUT2D eigenvalue weighted by atomic mass is 32.1. The van der Waals surface area contributed by atoms with Crippen molar-refractivity contribution in [2.75, 3.05) is 13.1 Å². The summed E-state index contributed by atoms with van der Waals surface area (Å²) in [5, 5.41) is 4.78. The number of benzene rings is 1. The summed E-state index contributed by atoms with van der Waals surface area (Å²) in [7, 11) is 0. The van der Waals surface area contributed by atoms with Gasteiger partial charge in [-0.25, -0.2) is 4.98 Å². The van der Waals surface area contributed by atoms with Gasteiger partial charge in [0.05, 0.1) is 5.01 Å². The molecule has 0 fully saturated rings. The number of nitrogens with one attached hydrogen (secondary N) is 1. The molecule has 2 rings (SSSR count). The lowest BCUT2D eigenvalue weighted by molar-refractivity contribution is 0.514.